The van der Waals surface area contributed by atoms with Gasteiger partial charge >= 0.3 is 11.9 Å². The van der Waals surface area contributed by atoms with E-state index in [0.717, 1.165) is 5.56 Å². The van der Waals surface area contributed by atoms with Gasteiger partial charge in [-0.1, -0.05) is 30.4 Å². The Morgan fingerprint density at radius 2 is 1.60 bits per heavy atom. The van der Waals surface area contributed by atoms with Gasteiger partial charge < -0.3 is 24.3 Å². The molecule has 0 aliphatic rings. The number of hydrogen-bond donors (Lipinski definition) is 2. The first-order valence-corrected chi connectivity index (χ1v) is 13.4. The van der Waals surface area contributed by atoms with Gasteiger partial charge in [-0.05, 0) is 85.0 Å². The summed E-state index contributed by atoms with van der Waals surface area (Å²) in [6.07, 6.45) is 7.81. The van der Waals surface area contributed by atoms with Gasteiger partial charge in [-0.25, -0.2) is 8.78 Å². The summed E-state index contributed by atoms with van der Waals surface area (Å²) < 4.78 is 41.0. The van der Waals surface area contributed by atoms with Gasteiger partial charge in [-0.3, -0.25) is 9.59 Å². The van der Waals surface area contributed by atoms with Gasteiger partial charge in [0.25, 0.3) is 0 Å². The van der Waals surface area contributed by atoms with E-state index in [0.29, 0.717) is 58.7 Å². The number of hydrogen-bond acceptors (Lipinski definition) is 4. The number of ether oxygens (including phenoxy) is 2. The molecule has 3 aromatic carbocycles. The predicted molar refractivity (Wildman–Crippen MR) is 157 cm³/mol. The van der Waals surface area contributed by atoms with E-state index in [-0.39, 0.29) is 25.4 Å². The molecule has 0 amide bonds. The molecule has 4 rings (SSSR count). The van der Waals surface area contributed by atoms with Crippen molar-refractivity contribution in [3.63, 3.8) is 0 Å². The Hall–Kier alpha value is -4.92. The average Bonchev–Trinajstić information content (AvgIpc) is 3.22. The molecule has 1 heterocycles. The van der Waals surface area contributed by atoms with Crippen molar-refractivity contribution in [2.45, 2.75) is 32.7 Å². The maximum Gasteiger partial charge on any atom is 0.323 e. The lowest BCUT2D eigenvalue weighted by Gasteiger charge is -2.08. The lowest BCUT2D eigenvalue weighted by molar-refractivity contribution is -0.138. The van der Waals surface area contributed by atoms with E-state index >= 15 is 4.39 Å². The van der Waals surface area contributed by atoms with Crippen LogP contribution in [0.3, 0.4) is 0 Å². The fraction of sp³-hybridized carbons (Fsp3) is 0.212. The molecule has 2 N–H and O–H groups in total. The molecule has 0 fully saturated rings. The molecule has 7 nitrogen and oxygen atoms in total. The molecule has 0 saturated carbocycles. The summed E-state index contributed by atoms with van der Waals surface area (Å²) in [5.74, 6) is -1.72. The first kappa shape index (κ1) is 30.0. The molecule has 218 valence electrons. The van der Waals surface area contributed by atoms with Gasteiger partial charge in [0.2, 0.25) is 0 Å². The third-order valence-corrected chi connectivity index (χ3v) is 6.67. The molecule has 0 bridgehead atoms. The Morgan fingerprint density at radius 1 is 0.881 bits per heavy atom. The fourth-order valence-corrected chi connectivity index (χ4v) is 4.70. The molecule has 0 saturated heterocycles. The van der Waals surface area contributed by atoms with Gasteiger partial charge in [-0.2, -0.15) is 0 Å². The number of benzene rings is 3. The molecule has 9 heteroatoms. The number of rotatable bonds is 14. The van der Waals surface area contributed by atoms with Crippen molar-refractivity contribution < 1.29 is 38.1 Å². The van der Waals surface area contributed by atoms with E-state index in [4.69, 9.17) is 14.6 Å². The predicted octanol–water partition coefficient (Wildman–Crippen LogP) is 6.90. The van der Waals surface area contributed by atoms with Crippen LogP contribution in [-0.4, -0.2) is 39.9 Å². The van der Waals surface area contributed by atoms with Crippen LogP contribution < -0.4 is 9.47 Å². The Labute approximate surface area is 241 Å². The highest BCUT2D eigenvalue weighted by molar-refractivity contribution is 5.95. The van der Waals surface area contributed by atoms with Crippen molar-refractivity contribution in [2.24, 2.45) is 0 Å². The summed E-state index contributed by atoms with van der Waals surface area (Å²) >= 11 is 0. The van der Waals surface area contributed by atoms with Crippen molar-refractivity contribution in [1.29, 1.82) is 0 Å². The van der Waals surface area contributed by atoms with Crippen LogP contribution in [0.4, 0.5) is 8.78 Å². The minimum absolute atomic E-state index is 0.0623. The Balaban J connectivity index is 1.44. The second kappa shape index (κ2) is 14.1. The topological polar surface area (TPSA) is 98.0 Å². The number of carboxylic acids is 2. The first-order chi connectivity index (χ1) is 20.2. The molecular weight excluding hydrogens is 544 g/mol. The maximum atomic E-state index is 15.1. The van der Waals surface area contributed by atoms with Crippen LogP contribution >= 0.6 is 0 Å². The van der Waals surface area contributed by atoms with Gasteiger partial charge in [0.1, 0.15) is 42.9 Å². The maximum absolute atomic E-state index is 15.1. The van der Waals surface area contributed by atoms with Crippen LogP contribution in [0.2, 0.25) is 0 Å². The van der Waals surface area contributed by atoms with Crippen LogP contribution in [0.1, 0.15) is 35.2 Å². The van der Waals surface area contributed by atoms with Crippen molar-refractivity contribution in [1.82, 2.24) is 4.57 Å². The number of aryl methyl sites for hydroxylation is 1. The number of carbonyl (C=O) groups is 2. The van der Waals surface area contributed by atoms with Crippen LogP contribution in [-0.2, 0) is 22.6 Å². The van der Waals surface area contributed by atoms with Crippen molar-refractivity contribution >= 4 is 35.0 Å². The summed E-state index contributed by atoms with van der Waals surface area (Å²) in [6, 6.07) is 16.2. The summed E-state index contributed by atoms with van der Waals surface area (Å²) in [7, 11) is 0. The minimum atomic E-state index is -1.06. The number of halogens is 2. The largest absolute Gasteiger partial charge is 0.490 e. The first-order valence-electron chi connectivity index (χ1n) is 13.4. The zero-order valence-electron chi connectivity index (χ0n) is 23.1. The Bertz CT molecular complexity index is 1620. The highest BCUT2D eigenvalue weighted by Crippen LogP contribution is 2.33. The molecule has 0 aliphatic heterocycles. The molecule has 0 aliphatic carbocycles. The fourth-order valence-electron chi connectivity index (χ4n) is 4.70. The van der Waals surface area contributed by atoms with E-state index in [2.05, 4.69) is 0 Å². The number of fused-ring (bicyclic) bond motifs is 1. The smallest absolute Gasteiger partial charge is 0.323 e. The Kier molecular flexibility index (Phi) is 10.1. The quantitative estimate of drug-likeness (QED) is 0.125. The third-order valence-electron chi connectivity index (χ3n) is 6.67. The van der Waals surface area contributed by atoms with Gasteiger partial charge in [0.15, 0.2) is 0 Å². The van der Waals surface area contributed by atoms with E-state index in [9.17, 15) is 19.1 Å². The van der Waals surface area contributed by atoms with Gasteiger partial charge in [-0.15, -0.1) is 0 Å². The summed E-state index contributed by atoms with van der Waals surface area (Å²) in [4.78, 5) is 22.6. The zero-order chi connectivity index (χ0) is 30.1. The van der Waals surface area contributed by atoms with E-state index in [1.54, 1.807) is 47.9 Å². The summed E-state index contributed by atoms with van der Waals surface area (Å²) in [5, 5.41) is 18.9. The Morgan fingerprint density at radius 3 is 2.26 bits per heavy atom. The third kappa shape index (κ3) is 7.84. The second-order valence-electron chi connectivity index (χ2n) is 9.60. The van der Waals surface area contributed by atoms with E-state index < -0.39 is 17.8 Å². The number of carboxylic acid groups (broad SMARTS) is 2. The number of nitrogens with zero attached hydrogens (tertiary/aromatic N) is 1. The SMILES string of the molecule is Cc1c(CCCC(=O)O)c2c(F)ccc(C=Cc3ccc(OC/C=C/COc4cccc(F)c4)cc3)c2n1CC(=O)O. The molecule has 0 spiro atoms. The van der Waals surface area contributed by atoms with Crippen molar-refractivity contribution in [3.05, 3.63) is 107 Å². The molecule has 1 aromatic heterocycles. The van der Waals surface area contributed by atoms with E-state index in [1.165, 1.54) is 18.2 Å². The van der Waals surface area contributed by atoms with Gasteiger partial charge in [0, 0.05) is 23.6 Å². The van der Waals surface area contributed by atoms with Crippen LogP contribution in [0, 0.1) is 18.6 Å². The summed E-state index contributed by atoms with van der Waals surface area (Å²) in [6.45, 7) is 2.00. The van der Waals surface area contributed by atoms with Crippen molar-refractivity contribution in [3.8, 4) is 11.5 Å². The van der Waals surface area contributed by atoms with Crippen LogP contribution in [0.15, 0.2) is 72.8 Å². The van der Waals surface area contributed by atoms with Crippen LogP contribution in [0.25, 0.3) is 23.1 Å². The van der Waals surface area contributed by atoms with Crippen molar-refractivity contribution in [2.75, 3.05) is 13.2 Å². The van der Waals surface area contributed by atoms with Crippen LogP contribution in [0.5, 0.6) is 11.5 Å². The van der Waals surface area contributed by atoms with E-state index in [1.807, 2.05) is 30.3 Å². The normalized spacial score (nSPS) is 11.5. The molecule has 42 heavy (non-hydrogen) atoms. The monoisotopic (exact) mass is 575 g/mol. The number of aliphatic carboxylic acids is 2. The number of aromatic nitrogens is 1. The molecule has 0 unspecified atom stereocenters. The second-order valence-corrected chi connectivity index (χ2v) is 9.60. The lowest BCUT2D eigenvalue weighted by atomic mass is 10.0. The highest BCUT2D eigenvalue weighted by Gasteiger charge is 2.21. The average molecular weight is 576 g/mol. The highest BCUT2D eigenvalue weighted by atomic mass is 19.1. The van der Waals surface area contributed by atoms with Gasteiger partial charge in [0.05, 0.1) is 5.52 Å². The minimum Gasteiger partial charge on any atom is -0.490 e. The molecule has 0 radical (unpaired) electrons. The zero-order valence-corrected chi connectivity index (χ0v) is 23.1. The standard InChI is InChI=1S/C33H31F2NO6/c1-22-28(8-5-9-30(37)38)32-29(35)17-14-24(33(32)36(22)21-31(39)40)13-10-23-11-15-26(16-12-23)41-18-2-3-19-42-27-7-4-6-25(34)20-27/h2-4,6-7,10-17,20H,5,8-9,18-19,21H2,1H3,(H,37,38)(H,39,40)/b3-2+,13-10?. The molecular formula is C33H31F2NO6. The lowest BCUT2D eigenvalue weighted by Crippen LogP contribution is -2.10. The molecule has 4 aromatic rings. The summed E-state index contributed by atoms with van der Waals surface area (Å²) in [5.41, 5.74) is 3.19. The molecule has 0 atom stereocenters.